The van der Waals surface area contributed by atoms with Crippen molar-refractivity contribution in [3.05, 3.63) is 64.5 Å². The molecule has 3 aromatic rings. The third-order valence-electron chi connectivity index (χ3n) is 4.36. The van der Waals surface area contributed by atoms with Crippen molar-refractivity contribution in [1.29, 1.82) is 0 Å². The van der Waals surface area contributed by atoms with E-state index in [1.807, 2.05) is 26.8 Å². The van der Waals surface area contributed by atoms with E-state index in [1.54, 1.807) is 27.8 Å². The van der Waals surface area contributed by atoms with Crippen molar-refractivity contribution < 1.29 is 9.18 Å². The van der Waals surface area contributed by atoms with Crippen molar-refractivity contribution >= 4 is 23.2 Å². The molecule has 1 atom stereocenters. The Morgan fingerprint density at radius 3 is 2.78 bits per heavy atom. The first-order chi connectivity index (χ1) is 12.9. The van der Waals surface area contributed by atoms with Gasteiger partial charge in [0, 0.05) is 6.20 Å². The molecule has 1 aromatic carbocycles. The Balaban J connectivity index is 1.72. The SMILES string of the molecule is CCC(C(=O)Nc1cnn(Cc2cccc(F)c2)c1)n1nc(C)c(Cl)c1C. The van der Waals surface area contributed by atoms with E-state index < -0.39 is 6.04 Å². The molecule has 1 unspecified atom stereocenters. The summed E-state index contributed by atoms with van der Waals surface area (Å²) in [5.41, 5.74) is 2.82. The molecular formula is C19H21ClFN5O. The molecule has 1 amide bonds. The molecule has 8 heteroatoms. The number of hydrogen-bond acceptors (Lipinski definition) is 3. The van der Waals surface area contributed by atoms with Gasteiger partial charge in [-0.1, -0.05) is 30.7 Å². The zero-order valence-corrected chi connectivity index (χ0v) is 16.2. The average molecular weight is 390 g/mol. The normalized spacial score (nSPS) is 12.2. The van der Waals surface area contributed by atoms with E-state index in [0.29, 0.717) is 29.4 Å². The second-order valence-electron chi connectivity index (χ2n) is 6.40. The Hall–Kier alpha value is -2.67. The molecule has 2 heterocycles. The molecule has 0 spiro atoms. The maximum Gasteiger partial charge on any atom is 0.249 e. The number of aryl methyl sites for hydroxylation is 1. The largest absolute Gasteiger partial charge is 0.322 e. The molecule has 27 heavy (non-hydrogen) atoms. The van der Waals surface area contributed by atoms with Crippen LogP contribution in [0.4, 0.5) is 10.1 Å². The van der Waals surface area contributed by atoms with E-state index in [9.17, 15) is 9.18 Å². The molecule has 0 aliphatic rings. The van der Waals surface area contributed by atoms with E-state index in [1.165, 1.54) is 12.1 Å². The number of carbonyl (C=O) groups is 1. The molecule has 0 bridgehead atoms. The van der Waals surface area contributed by atoms with Crippen LogP contribution in [0.1, 0.15) is 36.3 Å². The van der Waals surface area contributed by atoms with E-state index in [0.717, 1.165) is 11.3 Å². The van der Waals surface area contributed by atoms with Gasteiger partial charge in [0.25, 0.3) is 0 Å². The number of halogens is 2. The van der Waals surface area contributed by atoms with Crippen LogP contribution in [0.2, 0.25) is 5.02 Å². The smallest absolute Gasteiger partial charge is 0.249 e. The van der Waals surface area contributed by atoms with E-state index in [-0.39, 0.29) is 11.7 Å². The molecule has 0 saturated heterocycles. The van der Waals surface area contributed by atoms with E-state index >= 15 is 0 Å². The first-order valence-corrected chi connectivity index (χ1v) is 9.05. The molecule has 142 valence electrons. The van der Waals surface area contributed by atoms with Crippen LogP contribution >= 0.6 is 11.6 Å². The summed E-state index contributed by atoms with van der Waals surface area (Å²) in [6.07, 6.45) is 3.85. The minimum absolute atomic E-state index is 0.190. The second kappa shape index (κ2) is 7.92. The summed E-state index contributed by atoms with van der Waals surface area (Å²) in [5.74, 6) is -0.479. The minimum atomic E-state index is -0.470. The Morgan fingerprint density at radius 1 is 1.37 bits per heavy atom. The van der Waals surface area contributed by atoms with Gasteiger partial charge in [0.15, 0.2) is 0 Å². The first-order valence-electron chi connectivity index (χ1n) is 8.68. The predicted octanol–water partition coefficient (Wildman–Crippen LogP) is 4.13. The molecule has 0 radical (unpaired) electrons. The molecular weight excluding hydrogens is 369 g/mol. The maximum atomic E-state index is 13.3. The number of carbonyl (C=O) groups excluding carboxylic acids is 1. The summed E-state index contributed by atoms with van der Waals surface area (Å²) in [6, 6.07) is 5.86. The number of hydrogen-bond donors (Lipinski definition) is 1. The van der Waals surface area contributed by atoms with Crippen LogP contribution in [-0.2, 0) is 11.3 Å². The number of amides is 1. The van der Waals surface area contributed by atoms with Crippen LogP contribution in [0, 0.1) is 19.7 Å². The number of rotatable bonds is 6. The van der Waals surface area contributed by atoms with Gasteiger partial charge in [-0.3, -0.25) is 14.2 Å². The van der Waals surface area contributed by atoms with Crippen LogP contribution in [0.5, 0.6) is 0 Å². The van der Waals surface area contributed by atoms with Crippen molar-refractivity contribution in [2.45, 2.75) is 39.8 Å². The predicted molar refractivity (Wildman–Crippen MR) is 102 cm³/mol. The van der Waals surface area contributed by atoms with Gasteiger partial charge < -0.3 is 5.32 Å². The van der Waals surface area contributed by atoms with Crippen molar-refractivity contribution in [1.82, 2.24) is 19.6 Å². The highest BCUT2D eigenvalue weighted by atomic mass is 35.5. The fourth-order valence-electron chi connectivity index (χ4n) is 2.98. The molecule has 0 fully saturated rings. The van der Waals surface area contributed by atoms with Crippen LogP contribution in [0.3, 0.4) is 0 Å². The fraction of sp³-hybridized carbons (Fsp3) is 0.316. The van der Waals surface area contributed by atoms with Gasteiger partial charge in [-0.05, 0) is 38.0 Å². The number of nitrogens with one attached hydrogen (secondary N) is 1. The standard InChI is InChI=1S/C19H21ClFN5O/c1-4-17(26-13(3)18(20)12(2)24-26)19(27)23-16-9-22-25(11-16)10-14-6-5-7-15(21)8-14/h5-9,11,17H,4,10H2,1-3H3,(H,23,27). The van der Waals surface area contributed by atoms with Gasteiger partial charge in [0.05, 0.1) is 34.8 Å². The number of benzene rings is 1. The molecule has 3 rings (SSSR count). The van der Waals surface area contributed by atoms with Gasteiger partial charge in [-0.25, -0.2) is 4.39 Å². The second-order valence-corrected chi connectivity index (χ2v) is 6.78. The first kappa shape index (κ1) is 19.1. The Morgan fingerprint density at radius 2 is 2.15 bits per heavy atom. The molecule has 6 nitrogen and oxygen atoms in total. The number of nitrogens with zero attached hydrogens (tertiary/aromatic N) is 4. The number of anilines is 1. The highest BCUT2D eigenvalue weighted by Crippen LogP contribution is 2.24. The van der Waals surface area contributed by atoms with Crippen LogP contribution in [0.25, 0.3) is 0 Å². The zero-order valence-electron chi connectivity index (χ0n) is 15.4. The lowest BCUT2D eigenvalue weighted by Gasteiger charge is -2.16. The lowest BCUT2D eigenvalue weighted by molar-refractivity contribution is -0.119. The highest BCUT2D eigenvalue weighted by Gasteiger charge is 2.23. The lowest BCUT2D eigenvalue weighted by Crippen LogP contribution is -2.27. The molecule has 0 aliphatic heterocycles. The number of aromatic nitrogens is 4. The summed E-state index contributed by atoms with van der Waals surface area (Å²) in [6.45, 7) is 5.99. The van der Waals surface area contributed by atoms with Gasteiger partial charge in [-0.2, -0.15) is 10.2 Å². The summed E-state index contributed by atoms with van der Waals surface area (Å²) >= 11 is 6.20. The zero-order chi connectivity index (χ0) is 19.6. The van der Waals surface area contributed by atoms with Crippen LogP contribution in [0.15, 0.2) is 36.7 Å². The summed E-state index contributed by atoms with van der Waals surface area (Å²) in [5, 5.41) is 12.0. The minimum Gasteiger partial charge on any atom is -0.322 e. The van der Waals surface area contributed by atoms with Crippen molar-refractivity contribution in [2.75, 3.05) is 5.32 Å². The van der Waals surface area contributed by atoms with Gasteiger partial charge in [-0.15, -0.1) is 0 Å². The van der Waals surface area contributed by atoms with Crippen molar-refractivity contribution in [3.8, 4) is 0 Å². The van der Waals surface area contributed by atoms with E-state index in [4.69, 9.17) is 11.6 Å². The lowest BCUT2D eigenvalue weighted by atomic mass is 10.2. The maximum absolute atomic E-state index is 13.3. The van der Waals surface area contributed by atoms with Crippen LogP contribution < -0.4 is 5.32 Å². The quantitative estimate of drug-likeness (QED) is 0.689. The molecule has 0 saturated carbocycles. The Kier molecular flexibility index (Phi) is 5.60. The van der Waals surface area contributed by atoms with Crippen LogP contribution in [-0.4, -0.2) is 25.5 Å². The van der Waals surface area contributed by atoms with Crippen molar-refractivity contribution in [2.24, 2.45) is 0 Å². The van der Waals surface area contributed by atoms with Gasteiger partial charge >= 0.3 is 0 Å². The van der Waals surface area contributed by atoms with Gasteiger partial charge in [0.1, 0.15) is 11.9 Å². The monoisotopic (exact) mass is 389 g/mol. The summed E-state index contributed by atoms with van der Waals surface area (Å²) in [4.78, 5) is 12.7. The van der Waals surface area contributed by atoms with Crippen molar-refractivity contribution in [3.63, 3.8) is 0 Å². The Labute approximate surface area is 161 Å². The average Bonchev–Trinajstić information content (AvgIpc) is 3.16. The summed E-state index contributed by atoms with van der Waals surface area (Å²) in [7, 11) is 0. The molecule has 0 aliphatic carbocycles. The molecule has 2 aromatic heterocycles. The Bertz CT molecular complexity index is 965. The fourth-order valence-corrected chi connectivity index (χ4v) is 3.10. The topological polar surface area (TPSA) is 64.7 Å². The van der Waals surface area contributed by atoms with Gasteiger partial charge in [0.2, 0.25) is 5.91 Å². The highest BCUT2D eigenvalue weighted by molar-refractivity contribution is 6.31. The third-order valence-corrected chi connectivity index (χ3v) is 4.90. The third kappa shape index (κ3) is 4.19. The van der Waals surface area contributed by atoms with E-state index in [2.05, 4.69) is 15.5 Å². The molecule has 1 N–H and O–H groups in total. The summed E-state index contributed by atoms with van der Waals surface area (Å²) < 4.78 is 16.6.